The molecule has 0 aromatic carbocycles. The Morgan fingerprint density at radius 2 is 2.06 bits per heavy atom. The molecule has 106 valence electrons. The van der Waals surface area contributed by atoms with Gasteiger partial charge in [0.25, 0.3) is 0 Å². The van der Waals surface area contributed by atoms with Crippen LogP contribution in [0.25, 0.3) is 0 Å². The maximum atomic E-state index is 3.61. The van der Waals surface area contributed by atoms with Gasteiger partial charge in [0.15, 0.2) is 0 Å². The van der Waals surface area contributed by atoms with Crippen LogP contribution in [0.1, 0.15) is 46.0 Å². The van der Waals surface area contributed by atoms with Crippen molar-refractivity contribution in [3.05, 3.63) is 0 Å². The summed E-state index contributed by atoms with van der Waals surface area (Å²) in [5, 5.41) is 3.61. The molecule has 1 saturated heterocycles. The molecule has 3 heteroatoms. The molecule has 3 unspecified atom stereocenters. The molecule has 1 saturated carbocycles. The number of nitrogens with one attached hydrogen (secondary N) is 1. The van der Waals surface area contributed by atoms with Crippen molar-refractivity contribution in [1.29, 1.82) is 0 Å². The molecular weight excluding hydrogens is 222 g/mol. The number of likely N-dealkylation sites (tertiary alicyclic amines) is 1. The van der Waals surface area contributed by atoms with Crippen molar-refractivity contribution in [1.82, 2.24) is 15.1 Å². The minimum absolute atomic E-state index is 0.772. The molecule has 3 nitrogen and oxygen atoms in total. The minimum Gasteiger partial charge on any atom is -0.314 e. The number of nitrogens with zero attached hydrogens (tertiary/aromatic N) is 2. The lowest BCUT2D eigenvalue weighted by molar-refractivity contribution is 0.163. The topological polar surface area (TPSA) is 18.5 Å². The van der Waals surface area contributed by atoms with E-state index in [4.69, 9.17) is 0 Å². The zero-order valence-electron chi connectivity index (χ0n) is 12.5. The van der Waals surface area contributed by atoms with Crippen LogP contribution in [0.3, 0.4) is 0 Å². The van der Waals surface area contributed by atoms with E-state index in [1.165, 1.54) is 51.7 Å². The van der Waals surface area contributed by atoms with E-state index in [2.05, 4.69) is 36.0 Å². The van der Waals surface area contributed by atoms with E-state index in [0.717, 1.165) is 24.7 Å². The van der Waals surface area contributed by atoms with E-state index >= 15 is 0 Å². The fourth-order valence-electron chi connectivity index (χ4n) is 3.83. The largest absolute Gasteiger partial charge is 0.314 e. The first kappa shape index (κ1) is 14.3. The molecule has 0 radical (unpaired) electrons. The molecule has 18 heavy (non-hydrogen) atoms. The molecule has 2 fully saturated rings. The molecular formula is C15H31N3. The van der Waals surface area contributed by atoms with Gasteiger partial charge in [-0.15, -0.1) is 0 Å². The molecule has 2 aliphatic rings. The van der Waals surface area contributed by atoms with Gasteiger partial charge in [-0.1, -0.05) is 13.8 Å². The summed E-state index contributed by atoms with van der Waals surface area (Å²) in [6.07, 6.45) is 6.90. The van der Waals surface area contributed by atoms with Gasteiger partial charge in [0.1, 0.15) is 0 Å². The Balaban J connectivity index is 1.76. The molecule has 1 N–H and O–H groups in total. The molecule has 0 amide bonds. The predicted octanol–water partition coefficient (Wildman–Crippen LogP) is 1.93. The minimum atomic E-state index is 0.772. The smallest absolute Gasteiger partial charge is 0.0223 e. The molecule has 1 heterocycles. The normalized spacial score (nSPS) is 33.7. The Hall–Kier alpha value is -0.120. The molecule has 1 aliphatic carbocycles. The third kappa shape index (κ3) is 3.46. The zero-order chi connectivity index (χ0) is 13.0. The van der Waals surface area contributed by atoms with E-state index < -0.39 is 0 Å². The Labute approximate surface area is 113 Å². The molecule has 0 aromatic rings. The lowest BCUT2D eigenvalue weighted by atomic mass is 10.1. The number of hydrogen-bond acceptors (Lipinski definition) is 3. The fourth-order valence-corrected chi connectivity index (χ4v) is 3.83. The lowest BCUT2D eigenvalue weighted by Crippen LogP contribution is -2.42. The third-order valence-corrected chi connectivity index (χ3v) is 4.93. The van der Waals surface area contributed by atoms with Crippen LogP contribution in [0.5, 0.6) is 0 Å². The van der Waals surface area contributed by atoms with Crippen LogP contribution in [0.15, 0.2) is 0 Å². The van der Waals surface area contributed by atoms with Crippen LogP contribution in [-0.2, 0) is 0 Å². The lowest BCUT2D eigenvalue weighted by Gasteiger charge is -2.31. The Bertz CT molecular complexity index is 244. The summed E-state index contributed by atoms with van der Waals surface area (Å²) in [6, 6.07) is 2.40. The molecule has 1 aliphatic heterocycles. The van der Waals surface area contributed by atoms with E-state index in [1.54, 1.807) is 0 Å². The molecule has 3 atom stereocenters. The SMILES string of the molecule is CCNC1CCC(N(C)CC2CCCN2CC)C1. The van der Waals surface area contributed by atoms with Crippen LogP contribution in [-0.4, -0.2) is 61.2 Å². The highest BCUT2D eigenvalue weighted by atomic mass is 15.2. The quantitative estimate of drug-likeness (QED) is 0.780. The van der Waals surface area contributed by atoms with Crippen molar-refractivity contribution in [2.75, 3.05) is 33.2 Å². The van der Waals surface area contributed by atoms with Crippen molar-refractivity contribution in [3.8, 4) is 0 Å². The van der Waals surface area contributed by atoms with Crippen LogP contribution >= 0.6 is 0 Å². The third-order valence-electron chi connectivity index (χ3n) is 4.93. The van der Waals surface area contributed by atoms with E-state index in [-0.39, 0.29) is 0 Å². The van der Waals surface area contributed by atoms with Crippen molar-refractivity contribution in [3.63, 3.8) is 0 Å². The van der Waals surface area contributed by atoms with Gasteiger partial charge >= 0.3 is 0 Å². The van der Waals surface area contributed by atoms with Crippen molar-refractivity contribution >= 4 is 0 Å². The average molecular weight is 253 g/mol. The molecule has 0 aromatic heterocycles. The highest BCUT2D eigenvalue weighted by molar-refractivity contribution is 4.88. The molecule has 0 spiro atoms. The van der Waals surface area contributed by atoms with Crippen molar-refractivity contribution < 1.29 is 0 Å². The highest BCUT2D eigenvalue weighted by Gasteiger charge is 2.30. The summed E-state index contributed by atoms with van der Waals surface area (Å²) in [6.45, 7) is 9.46. The second kappa shape index (κ2) is 6.88. The Morgan fingerprint density at radius 3 is 2.78 bits per heavy atom. The maximum Gasteiger partial charge on any atom is 0.0223 e. The van der Waals surface area contributed by atoms with Crippen LogP contribution < -0.4 is 5.32 Å². The fraction of sp³-hybridized carbons (Fsp3) is 1.00. The Morgan fingerprint density at radius 1 is 1.22 bits per heavy atom. The first-order chi connectivity index (χ1) is 8.74. The molecule has 2 rings (SSSR count). The van der Waals surface area contributed by atoms with Gasteiger partial charge in [0, 0.05) is 24.7 Å². The summed E-state index contributed by atoms with van der Waals surface area (Å²) < 4.78 is 0. The summed E-state index contributed by atoms with van der Waals surface area (Å²) in [5.74, 6) is 0. The van der Waals surface area contributed by atoms with E-state index in [9.17, 15) is 0 Å². The average Bonchev–Trinajstić information content (AvgIpc) is 2.98. The van der Waals surface area contributed by atoms with Crippen molar-refractivity contribution in [2.24, 2.45) is 0 Å². The van der Waals surface area contributed by atoms with E-state index in [1.807, 2.05) is 0 Å². The summed E-state index contributed by atoms with van der Waals surface area (Å²) in [5.41, 5.74) is 0. The van der Waals surface area contributed by atoms with Gasteiger partial charge in [0.2, 0.25) is 0 Å². The van der Waals surface area contributed by atoms with E-state index in [0.29, 0.717) is 0 Å². The van der Waals surface area contributed by atoms with Crippen LogP contribution in [0, 0.1) is 0 Å². The van der Waals surface area contributed by atoms with Crippen LogP contribution in [0.2, 0.25) is 0 Å². The Kier molecular flexibility index (Phi) is 5.46. The van der Waals surface area contributed by atoms with Crippen LogP contribution in [0.4, 0.5) is 0 Å². The number of rotatable bonds is 6. The zero-order valence-corrected chi connectivity index (χ0v) is 12.5. The second-order valence-corrected chi connectivity index (χ2v) is 6.09. The van der Waals surface area contributed by atoms with Gasteiger partial charge in [-0.2, -0.15) is 0 Å². The number of likely N-dealkylation sites (N-methyl/N-ethyl adjacent to an activating group) is 2. The van der Waals surface area contributed by atoms with Gasteiger partial charge in [-0.3, -0.25) is 4.90 Å². The van der Waals surface area contributed by atoms with Gasteiger partial charge in [-0.05, 0) is 58.8 Å². The first-order valence-corrected chi connectivity index (χ1v) is 7.92. The van der Waals surface area contributed by atoms with Gasteiger partial charge < -0.3 is 10.2 Å². The second-order valence-electron chi connectivity index (χ2n) is 6.09. The summed E-state index contributed by atoms with van der Waals surface area (Å²) >= 11 is 0. The van der Waals surface area contributed by atoms with Crippen molar-refractivity contribution in [2.45, 2.75) is 64.1 Å². The standard InChI is InChI=1S/C15H31N3/c1-4-16-13-8-9-14(11-13)17(3)12-15-7-6-10-18(15)5-2/h13-16H,4-12H2,1-3H3. The number of hydrogen-bond donors (Lipinski definition) is 1. The first-order valence-electron chi connectivity index (χ1n) is 7.92. The summed E-state index contributed by atoms with van der Waals surface area (Å²) in [4.78, 5) is 5.29. The predicted molar refractivity (Wildman–Crippen MR) is 78.0 cm³/mol. The maximum absolute atomic E-state index is 3.61. The monoisotopic (exact) mass is 253 g/mol. The van der Waals surface area contributed by atoms with Gasteiger partial charge in [0.05, 0.1) is 0 Å². The molecule has 0 bridgehead atoms. The van der Waals surface area contributed by atoms with Gasteiger partial charge in [-0.25, -0.2) is 0 Å². The summed E-state index contributed by atoms with van der Waals surface area (Å²) in [7, 11) is 2.34. The highest BCUT2D eigenvalue weighted by Crippen LogP contribution is 2.25.